The zero-order valence-corrected chi connectivity index (χ0v) is 12.4. The molecule has 0 aromatic heterocycles. The van der Waals surface area contributed by atoms with Gasteiger partial charge in [-0.05, 0) is 55.8 Å². The Hall–Kier alpha value is -0.790. The summed E-state index contributed by atoms with van der Waals surface area (Å²) < 4.78 is 5.31. The molecule has 2 fully saturated rings. The predicted molar refractivity (Wildman–Crippen MR) is 73.1 cm³/mol. The Morgan fingerprint density at radius 3 is 2.33 bits per heavy atom. The van der Waals surface area contributed by atoms with Gasteiger partial charge in [0.15, 0.2) is 0 Å². The van der Waals surface area contributed by atoms with Crippen LogP contribution in [0.3, 0.4) is 0 Å². The Labute approximate surface area is 111 Å². The Morgan fingerprint density at radius 2 is 1.94 bits per heavy atom. The van der Waals surface area contributed by atoms with Gasteiger partial charge in [-0.1, -0.05) is 27.4 Å². The molecule has 0 N–H and O–H groups in total. The average Bonchev–Trinajstić information content (AvgIpc) is 2.58. The van der Waals surface area contributed by atoms with E-state index in [0.29, 0.717) is 16.9 Å². The molecule has 2 bridgehead atoms. The first-order valence-corrected chi connectivity index (χ1v) is 7.10. The summed E-state index contributed by atoms with van der Waals surface area (Å²) in [6.45, 7) is 14.9. The first-order valence-electron chi connectivity index (χ1n) is 7.10. The quantitative estimate of drug-likeness (QED) is 0.560. The van der Waals surface area contributed by atoms with Crippen molar-refractivity contribution in [2.45, 2.75) is 60.0 Å². The van der Waals surface area contributed by atoms with Crippen molar-refractivity contribution in [2.75, 3.05) is 0 Å². The van der Waals surface area contributed by atoms with E-state index in [1.54, 1.807) is 0 Å². The van der Waals surface area contributed by atoms with E-state index < -0.39 is 0 Å². The van der Waals surface area contributed by atoms with E-state index in [4.69, 9.17) is 4.74 Å². The lowest BCUT2D eigenvalue weighted by Crippen LogP contribution is -2.35. The highest BCUT2D eigenvalue weighted by molar-refractivity contribution is 5.88. The first-order chi connectivity index (χ1) is 8.20. The van der Waals surface area contributed by atoms with Gasteiger partial charge in [-0.25, -0.2) is 4.79 Å². The van der Waals surface area contributed by atoms with Crippen molar-refractivity contribution in [1.29, 1.82) is 0 Å². The number of carbonyl (C=O) groups excluding carboxylic acids is 1. The van der Waals surface area contributed by atoms with Gasteiger partial charge in [0.1, 0.15) is 0 Å². The fourth-order valence-corrected chi connectivity index (χ4v) is 4.16. The van der Waals surface area contributed by atoms with Crippen molar-refractivity contribution < 1.29 is 9.53 Å². The number of hydrogen-bond acceptors (Lipinski definition) is 2. The molecular formula is C16H26O2. The molecular weight excluding hydrogens is 224 g/mol. The van der Waals surface area contributed by atoms with E-state index in [9.17, 15) is 4.79 Å². The van der Waals surface area contributed by atoms with Crippen LogP contribution in [-0.2, 0) is 9.53 Å². The van der Waals surface area contributed by atoms with E-state index >= 15 is 0 Å². The van der Waals surface area contributed by atoms with E-state index in [1.807, 2.05) is 13.8 Å². The van der Waals surface area contributed by atoms with Crippen LogP contribution in [0.15, 0.2) is 12.2 Å². The minimum atomic E-state index is -0.195. The molecule has 2 nitrogen and oxygen atoms in total. The van der Waals surface area contributed by atoms with Crippen LogP contribution in [0.5, 0.6) is 0 Å². The zero-order valence-electron chi connectivity index (χ0n) is 12.4. The first kappa shape index (κ1) is 13.6. The molecule has 0 aromatic carbocycles. The summed E-state index contributed by atoms with van der Waals surface area (Å²) >= 11 is 0. The Bertz CT molecular complexity index is 381. The second kappa shape index (κ2) is 4.11. The van der Waals surface area contributed by atoms with E-state index in [0.717, 1.165) is 12.3 Å². The lowest BCUT2D eigenvalue weighted by Gasteiger charge is -2.39. The van der Waals surface area contributed by atoms with Gasteiger partial charge in [-0.15, -0.1) is 0 Å². The molecule has 0 spiro atoms. The van der Waals surface area contributed by atoms with Gasteiger partial charge in [0, 0.05) is 5.57 Å². The maximum Gasteiger partial charge on any atom is 0.333 e. The summed E-state index contributed by atoms with van der Waals surface area (Å²) in [5.41, 5.74) is 1.23. The molecule has 18 heavy (non-hydrogen) atoms. The topological polar surface area (TPSA) is 26.3 Å². The third-order valence-electron chi connectivity index (χ3n) is 5.82. The monoisotopic (exact) mass is 250 g/mol. The lowest BCUT2D eigenvalue weighted by molar-refractivity contribution is -0.143. The molecule has 2 saturated carbocycles. The molecule has 2 aliphatic rings. The third kappa shape index (κ3) is 1.72. The number of hydrogen-bond donors (Lipinski definition) is 0. The van der Waals surface area contributed by atoms with Gasteiger partial charge < -0.3 is 4.74 Å². The second-order valence-electron chi connectivity index (χ2n) is 7.14. The molecule has 0 aromatic rings. The van der Waals surface area contributed by atoms with Gasteiger partial charge in [0.25, 0.3) is 0 Å². The van der Waals surface area contributed by atoms with Crippen LogP contribution >= 0.6 is 0 Å². The van der Waals surface area contributed by atoms with E-state index in [-0.39, 0.29) is 17.5 Å². The van der Waals surface area contributed by atoms with Gasteiger partial charge in [0.2, 0.25) is 0 Å². The van der Waals surface area contributed by atoms with Crippen LogP contribution < -0.4 is 0 Å². The van der Waals surface area contributed by atoms with Crippen LogP contribution in [0.4, 0.5) is 0 Å². The number of esters is 1. The second-order valence-corrected chi connectivity index (χ2v) is 7.14. The van der Waals surface area contributed by atoms with Gasteiger partial charge >= 0.3 is 5.97 Å². The van der Waals surface area contributed by atoms with Crippen LogP contribution in [-0.4, -0.2) is 12.1 Å². The van der Waals surface area contributed by atoms with Gasteiger partial charge in [0.05, 0.1) is 6.10 Å². The molecule has 0 amide bonds. The molecule has 2 rings (SSSR count). The summed E-state index contributed by atoms with van der Waals surface area (Å²) in [5.74, 6) is 0.841. The zero-order chi connectivity index (χ0) is 13.7. The third-order valence-corrected chi connectivity index (χ3v) is 5.82. The van der Waals surface area contributed by atoms with Crippen molar-refractivity contribution in [3.63, 3.8) is 0 Å². The highest BCUT2D eigenvalue weighted by Crippen LogP contribution is 2.69. The van der Waals surface area contributed by atoms with Crippen molar-refractivity contribution in [3.8, 4) is 0 Å². The molecule has 2 aliphatic carbocycles. The standard InChI is InChI=1S/C16H26O2/c1-10(2)18-14(17)11(3)13-9-12-7-8-16(13,6)15(12,4)5/h10,12-13H,3,7-9H2,1-2,4-6H3/t12-,13?,16-/m1/s1. The van der Waals surface area contributed by atoms with Crippen LogP contribution in [0.1, 0.15) is 53.9 Å². The Kier molecular flexibility index (Phi) is 3.11. The molecule has 1 unspecified atom stereocenters. The predicted octanol–water partition coefficient (Wildman–Crippen LogP) is 3.96. The Morgan fingerprint density at radius 1 is 1.33 bits per heavy atom. The summed E-state index contributed by atoms with van der Waals surface area (Å²) in [6, 6.07) is 0. The summed E-state index contributed by atoms with van der Waals surface area (Å²) in [6.07, 6.45) is 3.55. The van der Waals surface area contributed by atoms with Gasteiger partial charge in [-0.3, -0.25) is 0 Å². The normalized spacial score (nSPS) is 37.0. The summed E-state index contributed by atoms with van der Waals surface area (Å²) in [5, 5.41) is 0. The fraction of sp³-hybridized carbons (Fsp3) is 0.812. The highest BCUT2D eigenvalue weighted by atomic mass is 16.5. The van der Waals surface area contributed by atoms with Gasteiger partial charge in [-0.2, -0.15) is 0 Å². The minimum Gasteiger partial charge on any atom is -0.460 e. The Balaban J connectivity index is 2.17. The summed E-state index contributed by atoms with van der Waals surface area (Å²) in [4.78, 5) is 12.0. The molecule has 102 valence electrons. The minimum absolute atomic E-state index is 0.0614. The smallest absolute Gasteiger partial charge is 0.333 e. The SMILES string of the molecule is C=C(C(=O)OC(C)C)C1C[C@H]2CC[C@@]1(C)C2(C)C. The molecule has 0 heterocycles. The number of carbonyl (C=O) groups is 1. The van der Waals surface area contributed by atoms with E-state index in [1.165, 1.54) is 12.8 Å². The average molecular weight is 250 g/mol. The van der Waals surface area contributed by atoms with E-state index in [2.05, 4.69) is 27.4 Å². The molecule has 2 heteroatoms. The maximum absolute atomic E-state index is 12.0. The molecule has 0 saturated heterocycles. The highest BCUT2D eigenvalue weighted by Gasteiger charge is 2.62. The van der Waals surface area contributed by atoms with Crippen molar-refractivity contribution in [1.82, 2.24) is 0 Å². The largest absolute Gasteiger partial charge is 0.460 e. The van der Waals surface area contributed by atoms with Crippen LogP contribution in [0, 0.1) is 22.7 Å². The summed E-state index contributed by atoms with van der Waals surface area (Å²) in [7, 11) is 0. The fourth-order valence-electron chi connectivity index (χ4n) is 4.16. The number of rotatable bonds is 3. The van der Waals surface area contributed by atoms with Crippen molar-refractivity contribution in [2.24, 2.45) is 22.7 Å². The lowest BCUT2D eigenvalue weighted by atomic mass is 9.65. The number of ether oxygens (including phenoxy) is 1. The van der Waals surface area contributed by atoms with Crippen molar-refractivity contribution >= 4 is 5.97 Å². The van der Waals surface area contributed by atoms with Crippen LogP contribution in [0.2, 0.25) is 0 Å². The number of fused-ring (bicyclic) bond motifs is 2. The molecule has 3 atom stereocenters. The van der Waals surface area contributed by atoms with Crippen molar-refractivity contribution in [3.05, 3.63) is 12.2 Å². The molecule has 0 radical (unpaired) electrons. The molecule has 0 aliphatic heterocycles. The van der Waals surface area contributed by atoms with Crippen LogP contribution in [0.25, 0.3) is 0 Å². The maximum atomic E-state index is 12.0.